The van der Waals surface area contributed by atoms with Crippen molar-refractivity contribution in [2.24, 2.45) is 0 Å². The minimum Gasteiger partial charge on any atom is -0.125 e. The zero-order valence-electron chi connectivity index (χ0n) is 17.3. The molecule has 29 heavy (non-hydrogen) atoms. The molecule has 4 aromatic carbocycles. The van der Waals surface area contributed by atoms with Gasteiger partial charge in [0.05, 0.1) is 0 Å². The van der Waals surface area contributed by atoms with Crippen LogP contribution in [0.1, 0.15) is 32.3 Å². The molecule has 0 radical (unpaired) electrons. The smallest absolute Gasteiger partial charge is 0.0236 e. The minimum atomic E-state index is 1.16. The normalized spacial score (nSPS) is 12.1. The summed E-state index contributed by atoms with van der Waals surface area (Å²) >= 11 is 4.08. The number of aryl methyl sites for hydroxylation is 1. The maximum absolute atomic E-state index is 2.37. The molecule has 0 nitrogen and oxygen atoms in total. The fraction of sp³-hybridized carbons (Fsp3) is 0.259. The van der Waals surface area contributed by atoms with E-state index in [9.17, 15) is 0 Å². The van der Waals surface area contributed by atoms with Crippen LogP contribution in [0, 0.1) is 6.92 Å². The van der Waals surface area contributed by atoms with Gasteiger partial charge < -0.3 is 0 Å². The topological polar surface area (TPSA) is 0 Å². The van der Waals surface area contributed by atoms with Crippen LogP contribution >= 0.6 is 23.5 Å². The Labute approximate surface area is 182 Å². The summed E-state index contributed by atoms with van der Waals surface area (Å²) in [5.41, 5.74) is 7.19. The average molecular weight is 415 g/mol. The fourth-order valence-electron chi connectivity index (χ4n) is 4.57. The van der Waals surface area contributed by atoms with Gasteiger partial charge in [0.1, 0.15) is 0 Å². The minimum absolute atomic E-state index is 1.16. The first kappa shape index (κ1) is 19.1. The molecule has 0 spiro atoms. The van der Waals surface area contributed by atoms with Gasteiger partial charge >= 0.3 is 0 Å². The highest BCUT2D eigenvalue weighted by Gasteiger charge is 2.29. The van der Waals surface area contributed by atoms with Crippen LogP contribution in [-0.4, -0.2) is 11.5 Å². The third kappa shape index (κ3) is 2.92. The zero-order valence-corrected chi connectivity index (χ0v) is 19.0. The Balaban J connectivity index is 1.95. The lowest BCUT2D eigenvalue weighted by molar-refractivity contribution is 1.10. The molecular formula is C27H26S2. The van der Waals surface area contributed by atoms with Crippen molar-refractivity contribution in [1.29, 1.82) is 0 Å². The molecule has 4 aromatic rings. The number of hydrogen-bond donors (Lipinski definition) is 0. The van der Waals surface area contributed by atoms with E-state index in [4.69, 9.17) is 0 Å². The number of hydrogen-bond acceptors (Lipinski definition) is 2. The summed E-state index contributed by atoms with van der Waals surface area (Å²) < 4.78 is 0. The molecule has 5 rings (SSSR count). The van der Waals surface area contributed by atoms with Gasteiger partial charge in [-0.25, -0.2) is 0 Å². The maximum Gasteiger partial charge on any atom is 0.0236 e. The lowest BCUT2D eigenvalue weighted by Gasteiger charge is -2.18. The first-order chi connectivity index (χ1) is 14.3. The van der Waals surface area contributed by atoms with E-state index in [1.807, 2.05) is 23.5 Å². The van der Waals surface area contributed by atoms with Crippen LogP contribution in [0.2, 0.25) is 0 Å². The molecule has 0 N–H and O–H groups in total. The quantitative estimate of drug-likeness (QED) is 0.254. The van der Waals surface area contributed by atoms with E-state index in [1.54, 1.807) is 0 Å². The lowest BCUT2D eigenvalue weighted by Crippen LogP contribution is -1.92. The van der Waals surface area contributed by atoms with Gasteiger partial charge in [0.2, 0.25) is 0 Å². The molecule has 146 valence electrons. The molecule has 0 aromatic heterocycles. The third-order valence-corrected chi connectivity index (χ3v) is 8.47. The Morgan fingerprint density at radius 1 is 0.621 bits per heavy atom. The first-order valence-corrected chi connectivity index (χ1v) is 12.6. The van der Waals surface area contributed by atoms with Crippen LogP contribution in [0.5, 0.6) is 0 Å². The van der Waals surface area contributed by atoms with Gasteiger partial charge in [-0.15, -0.1) is 23.5 Å². The van der Waals surface area contributed by atoms with Crippen molar-refractivity contribution in [3.63, 3.8) is 0 Å². The second-order valence-electron chi connectivity index (χ2n) is 7.81. The van der Waals surface area contributed by atoms with Gasteiger partial charge in [-0.05, 0) is 69.5 Å². The number of rotatable bonds is 6. The Morgan fingerprint density at radius 2 is 1.17 bits per heavy atom. The van der Waals surface area contributed by atoms with Crippen LogP contribution in [0.4, 0.5) is 0 Å². The molecular weight excluding hydrogens is 388 g/mol. The maximum atomic E-state index is 2.37. The third-order valence-electron chi connectivity index (χ3n) is 5.82. The van der Waals surface area contributed by atoms with Gasteiger partial charge in [0.25, 0.3) is 0 Å². The number of thioether (sulfide) groups is 2. The molecule has 1 aliphatic carbocycles. The van der Waals surface area contributed by atoms with E-state index in [2.05, 4.69) is 75.4 Å². The van der Waals surface area contributed by atoms with Gasteiger partial charge in [-0.2, -0.15) is 0 Å². The first-order valence-electron chi connectivity index (χ1n) is 10.6. The molecule has 0 heterocycles. The molecule has 0 unspecified atom stereocenters. The van der Waals surface area contributed by atoms with E-state index >= 15 is 0 Å². The highest BCUT2D eigenvalue weighted by molar-refractivity contribution is 8.00. The van der Waals surface area contributed by atoms with E-state index in [1.165, 1.54) is 72.0 Å². The molecule has 0 saturated carbocycles. The second-order valence-corrected chi connectivity index (χ2v) is 10.0. The van der Waals surface area contributed by atoms with E-state index in [0.717, 1.165) is 11.5 Å². The molecule has 0 fully saturated rings. The van der Waals surface area contributed by atoms with Crippen LogP contribution in [0.15, 0.2) is 64.4 Å². The van der Waals surface area contributed by atoms with E-state index in [-0.39, 0.29) is 0 Å². The summed E-state index contributed by atoms with van der Waals surface area (Å²) in [6.45, 7) is 6.79. The highest BCUT2D eigenvalue weighted by atomic mass is 32.2. The monoisotopic (exact) mass is 414 g/mol. The zero-order chi connectivity index (χ0) is 20.0. The summed E-state index contributed by atoms with van der Waals surface area (Å²) in [6.07, 6.45) is 2.38. The SMILES string of the molecule is CCCSc1c2c(c(SCCC)c3ccccc13)-c1ccc(C)c3cccc-2c13. The van der Waals surface area contributed by atoms with Crippen molar-refractivity contribution >= 4 is 45.1 Å². The predicted octanol–water partition coefficient (Wildman–Crippen LogP) is 8.95. The van der Waals surface area contributed by atoms with Crippen molar-refractivity contribution in [2.45, 2.75) is 43.4 Å². The average Bonchev–Trinajstić information content (AvgIpc) is 3.09. The Morgan fingerprint density at radius 3 is 1.76 bits per heavy atom. The van der Waals surface area contributed by atoms with Gasteiger partial charge in [-0.1, -0.05) is 68.4 Å². The van der Waals surface area contributed by atoms with Gasteiger partial charge in [0, 0.05) is 20.9 Å². The van der Waals surface area contributed by atoms with Gasteiger partial charge in [-0.3, -0.25) is 0 Å². The molecule has 0 bridgehead atoms. The summed E-state index contributed by atoms with van der Waals surface area (Å²) in [7, 11) is 0. The van der Waals surface area contributed by atoms with E-state index < -0.39 is 0 Å². The number of benzene rings is 4. The van der Waals surface area contributed by atoms with E-state index in [0.29, 0.717) is 0 Å². The summed E-state index contributed by atoms with van der Waals surface area (Å²) in [5, 5.41) is 5.70. The van der Waals surface area contributed by atoms with Crippen LogP contribution in [0.25, 0.3) is 43.8 Å². The van der Waals surface area contributed by atoms with Crippen molar-refractivity contribution < 1.29 is 0 Å². The molecule has 1 aliphatic rings. The Hall–Kier alpha value is -1.90. The van der Waals surface area contributed by atoms with Crippen LogP contribution in [0.3, 0.4) is 0 Å². The second kappa shape index (κ2) is 7.74. The summed E-state index contributed by atoms with van der Waals surface area (Å²) in [6, 6.07) is 20.6. The molecule has 2 heteroatoms. The Bertz CT molecular complexity index is 1180. The van der Waals surface area contributed by atoms with Crippen LogP contribution < -0.4 is 0 Å². The summed E-state index contributed by atoms with van der Waals surface area (Å²) in [5.74, 6) is 2.31. The molecule has 0 aliphatic heterocycles. The predicted molar refractivity (Wildman–Crippen MR) is 133 cm³/mol. The van der Waals surface area contributed by atoms with Crippen LogP contribution in [-0.2, 0) is 0 Å². The molecule has 0 saturated heterocycles. The van der Waals surface area contributed by atoms with Crippen molar-refractivity contribution in [1.82, 2.24) is 0 Å². The lowest BCUT2D eigenvalue weighted by atomic mass is 9.98. The fourth-order valence-corrected chi connectivity index (χ4v) is 6.76. The number of fused-ring (bicyclic) bond motifs is 4. The van der Waals surface area contributed by atoms with Crippen molar-refractivity contribution in [3.05, 3.63) is 60.2 Å². The highest BCUT2D eigenvalue weighted by Crippen LogP contribution is 2.57. The largest absolute Gasteiger partial charge is 0.125 e. The van der Waals surface area contributed by atoms with Gasteiger partial charge in [0.15, 0.2) is 0 Å². The molecule has 0 amide bonds. The summed E-state index contributed by atoms with van der Waals surface area (Å²) in [4.78, 5) is 2.94. The standard InChI is InChI=1S/C27H26S2/c1-4-15-28-26-19-9-6-7-10-20(19)27(29-16-5-2)25-22-14-13-17(3)18-11-8-12-21(23(18)22)24(25)26/h6-14H,4-5,15-16H2,1-3H3. The molecule has 0 atom stereocenters. The van der Waals surface area contributed by atoms with Crippen molar-refractivity contribution in [2.75, 3.05) is 11.5 Å². The van der Waals surface area contributed by atoms with Crippen molar-refractivity contribution in [3.8, 4) is 22.3 Å². The Kier molecular flexibility index (Phi) is 5.09.